The first-order valence-electron chi connectivity index (χ1n) is 7.26. The standard InChI is InChI=1S/C17H17N3O4/c1-2-24-14-10-6-5-9-13(14)19-16(22)17(23)20-15(21)11-7-3-4-8-12(11)18/h3-10H,2,18H2,1H3,(H,19,22)(H,20,21,23). The molecule has 3 amide bonds. The summed E-state index contributed by atoms with van der Waals surface area (Å²) in [7, 11) is 0. The Hall–Kier alpha value is -3.35. The van der Waals surface area contributed by atoms with E-state index in [4.69, 9.17) is 10.5 Å². The Labute approximate surface area is 138 Å². The number of amides is 3. The van der Waals surface area contributed by atoms with Crippen LogP contribution in [0.1, 0.15) is 17.3 Å². The molecule has 0 spiro atoms. The number of nitrogen functional groups attached to an aromatic ring is 1. The predicted molar refractivity (Wildman–Crippen MR) is 89.6 cm³/mol. The van der Waals surface area contributed by atoms with E-state index in [2.05, 4.69) is 5.32 Å². The number of hydrogen-bond donors (Lipinski definition) is 3. The van der Waals surface area contributed by atoms with Gasteiger partial charge in [-0.1, -0.05) is 24.3 Å². The smallest absolute Gasteiger partial charge is 0.316 e. The Kier molecular flexibility index (Phi) is 5.51. The number of nitrogens with two attached hydrogens (primary N) is 1. The van der Waals surface area contributed by atoms with E-state index in [1.807, 2.05) is 5.32 Å². The molecule has 0 saturated carbocycles. The van der Waals surface area contributed by atoms with Crippen LogP contribution in [-0.2, 0) is 9.59 Å². The maximum atomic E-state index is 12.0. The highest BCUT2D eigenvalue weighted by molar-refractivity contribution is 6.42. The van der Waals surface area contributed by atoms with Gasteiger partial charge in [-0.15, -0.1) is 0 Å². The van der Waals surface area contributed by atoms with Gasteiger partial charge in [-0.3, -0.25) is 19.7 Å². The highest BCUT2D eigenvalue weighted by Crippen LogP contribution is 2.23. The highest BCUT2D eigenvalue weighted by atomic mass is 16.5. The van der Waals surface area contributed by atoms with Gasteiger partial charge in [-0.05, 0) is 31.2 Å². The fourth-order valence-corrected chi connectivity index (χ4v) is 1.96. The van der Waals surface area contributed by atoms with Gasteiger partial charge >= 0.3 is 11.8 Å². The van der Waals surface area contributed by atoms with Gasteiger partial charge in [0.2, 0.25) is 0 Å². The molecule has 2 aromatic rings. The number of rotatable bonds is 4. The van der Waals surface area contributed by atoms with E-state index in [1.54, 1.807) is 43.3 Å². The summed E-state index contributed by atoms with van der Waals surface area (Å²) in [6, 6.07) is 12.9. The van der Waals surface area contributed by atoms with Gasteiger partial charge in [0.05, 0.1) is 17.9 Å². The summed E-state index contributed by atoms with van der Waals surface area (Å²) in [5, 5.41) is 4.40. The number of anilines is 2. The largest absolute Gasteiger partial charge is 0.492 e. The first-order chi connectivity index (χ1) is 11.5. The summed E-state index contributed by atoms with van der Waals surface area (Å²) >= 11 is 0. The van der Waals surface area contributed by atoms with Crippen molar-refractivity contribution in [3.05, 3.63) is 54.1 Å². The fourth-order valence-electron chi connectivity index (χ4n) is 1.96. The molecule has 0 aliphatic carbocycles. The normalized spacial score (nSPS) is 9.88. The van der Waals surface area contributed by atoms with Crippen molar-refractivity contribution in [1.29, 1.82) is 0 Å². The third kappa shape index (κ3) is 4.10. The number of imide groups is 1. The van der Waals surface area contributed by atoms with Crippen molar-refractivity contribution >= 4 is 29.1 Å². The molecule has 0 radical (unpaired) electrons. The number of hydrogen-bond acceptors (Lipinski definition) is 5. The Bertz CT molecular complexity index is 774. The Morgan fingerprint density at radius 1 is 1.00 bits per heavy atom. The van der Waals surface area contributed by atoms with Crippen LogP contribution in [-0.4, -0.2) is 24.3 Å². The second kappa shape index (κ2) is 7.77. The molecule has 0 aromatic heterocycles. The molecule has 0 bridgehead atoms. The van der Waals surface area contributed by atoms with E-state index < -0.39 is 17.7 Å². The average molecular weight is 327 g/mol. The van der Waals surface area contributed by atoms with Gasteiger partial charge in [0.25, 0.3) is 5.91 Å². The molecular formula is C17H17N3O4. The van der Waals surface area contributed by atoms with Gasteiger partial charge < -0.3 is 15.8 Å². The number of para-hydroxylation sites is 3. The van der Waals surface area contributed by atoms with Crippen molar-refractivity contribution in [2.24, 2.45) is 0 Å². The van der Waals surface area contributed by atoms with E-state index in [-0.39, 0.29) is 11.3 Å². The quantitative estimate of drug-likeness (QED) is 0.583. The Balaban J connectivity index is 2.04. The number of carbonyl (C=O) groups is 3. The van der Waals surface area contributed by atoms with Gasteiger partial charge in [-0.2, -0.15) is 0 Å². The van der Waals surface area contributed by atoms with Gasteiger partial charge in [0, 0.05) is 5.69 Å². The van der Waals surface area contributed by atoms with Crippen LogP contribution in [0.3, 0.4) is 0 Å². The van der Waals surface area contributed by atoms with Crippen LogP contribution in [0.15, 0.2) is 48.5 Å². The lowest BCUT2D eigenvalue weighted by Crippen LogP contribution is -2.39. The molecule has 4 N–H and O–H groups in total. The third-order valence-electron chi connectivity index (χ3n) is 3.07. The second-order valence-corrected chi connectivity index (χ2v) is 4.75. The molecule has 0 fully saturated rings. The summed E-state index contributed by atoms with van der Waals surface area (Å²) in [5.74, 6) is -2.38. The van der Waals surface area contributed by atoms with E-state index in [0.29, 0.717) is 18.0 Å². The van der Waals surface area contributed by atoms with Crippen LogP contribution in [0.5, 0.6) is 5.75 Å². The minimum atomic E-state index is -1.09. The lowest BCUT2D eigenvalue weighted by Gasteiger charge is -2.11. The zero-order valence-corrected chi connectivity index (χ0v) is 13.0. The van der Waals surface area contributed by atoms with E-state index in [0.717, 1.165) is 0 Å². The van der Waals surface area contributed by atoms with Gasteiger partial charge in [-0.25, -0.2) is 0 Å². The molecular weight excluding hydrogens is 310 g/mol. The molecule has 0 unspecified atom stereocenters. The third-order valence-corrected chi connectivity index (χ3v) is 3.07. The van der Waals surface area contributed by atoms with E-state index in [9.17, 15) is 14.4 Å². The minimum Gasteiger partial charge on any atom is -0.492 e. The van der Waals surface area contributed by atoms with Crippen LogP contribution < -0.4 is 21.1 Å². The highest BCUT2D eigenvalue weighted by Gasteiger charge is 2.20. The number of nitrogens with one attached hydrogen (secondary N) is 2. The van der Waals surface area contributed by atoms with Crippen molar-refractivity contribution in [2.75, 3.05) is 17.7 Å². The molecule has 0 atom stereocenters. The molecule has 2 rings (SSSR count). The predicted octanol–water partition coefficient (Wildman–Crippen LogP) is 1.56. The molecule has 7 nitrogen and oxygen atoms in total. The molecule has 0 heterocycles. The first kappa shape index (κ1) is 17.0. The zero-order chi connectivity index (χ0) is 17.5. The lowest BCUT2D eigenvalue weighted by molar-refractivity contribution is -0.135. The van der Waals surface area contributed by atoms with Gasteiger partial charge in [0.1, 0.15) is 5.75 Å². The monoisotopic (exact) mass is 327 g/mol. The fraction of sp³-hybridized carbons (Fsp3) is 0.118. The summed E-state index contributed by atoms with van der Waals surface area (Å²) in [6.07, 6.45) is 0. The summed E-state index contributed by atoms with van der Waals surface area (Å²) in [4.78, 5) is 35.8. The van der Waals surface area contributed by atoms with Crippen molar-refractivity contribution in [3.63, 3.8) is 0 Å². The molecule has 0 aliphatic rings. The van der Waals surface area contributed by atoms with Gasteiger partial charge in [0.15, 0.2) is 0 Å². The topological polar surface area (TPSA) is 111 Å². The first-order valence-corrected chi connectivity index (χ1v) is 7.26. The van der Waals surface area contributed by atoms with Crippen molar-refractivity contribution in [2.45, 2.75) is 6.92 Å². The minimum absolute atomic E-state index is 0.119. The second-order valence-electron chi connectivity index (χ2n) is 4.75. The maximum Gasteiger partial charge on any atom is 0.316 e. The molecule has 124 valence electrons. The van der Waals surface area contributed by atoms with E-state index in [1.165, 1.54) is 12.1 Å². The summed E-state index contributed by atoms with van der Waals surface area (Å²) in [5.41, 5.74) is 6.33. The van der Waals surface area contributed by atoms with Crippen LogP contribution in [0, 0.1) is 0 Å². The molecule has 2 aromatic carbocycles. The summed E-state index contributed by atoms with van der Waals surface area (Å²) in [6.45, 7) is 2.21. The van der Waals surface area contributed by atoms with E-state index >= 15 is 0 Å². The van der Waals surface area contributed by atoms with Crippen LogP contribution in [0.4, 0.5) is 11.4 Å². The maximum absolute atomic E-state index is 12.0. The SMILES string of the molecule is CCOc1ccccc1NC(=O)C(=O)NC(=O)c1ccccc1N. The van der Waals surface area contributed by atoms with Crippen molar-refractivity contribution in [1.82, 2.24) is 5.32 Å². The Morgan fingerprint density at radius 3 is 2.38 bits per heavy atom. The van der Waals surface area contributed by atoms with Crippen LogP contribution in [0.2, 0.25) is 0 Å². The van der Waals surface area contributed by atoms with Crippen molar-refractivity contribution < 1.29 is 19.1 Å². The number of ether oxygens (including phenoxy) is 1. The summed E-state index contributed by atoms with van der Waals surface area (Å²) < 4.78 is 5.35. The molecule has 24 heavy (non-hydrogen) atoms. The van der Waals surface area contributed by atoms with Crippen LogP contribution in [0.25, 0.3) is 0 Å². The number of carbonyl (C=O) groups excluding carboxylic acids is 3. The molecule has 0 aliphatic heterocycles. The number of benzene rings is 2. The lowest BCUT2D eigenvalue weighted by atomic mass is 10.1. The zero-order valence-electron chi connectivity index (χ0n) is 13.0. The average Bonchev–Trinajstić information content (AvgIpc) is 2.57. The molecule has 0 saturated heterocycles. The molecule has 7 heteroatoms. The Morgan fingerprint density at radius 2 is 1.67 bits per heavy atom. The van der Waals surface area contributed by atoms with Crippen LogP contribution >= 0.6 is 0 Å². The van der Waals surface area contributed by atoms with Crippen molar-refractivity contribution in [3.8, 4) is 5.75 Å².